The van der Waals surface area contributed by atoms with E-state index >= 15 is 0 Å². The summed E-state index contributed by atoms with van der Waals surface area (Å²) >= 11 is 5.93. The Balaban J connectivity index is 1.89. The van der Waals surface area contributed by atoms with Gasteiger partial charge in [-0.2, -0.15) is 0 Å². The number of carbonyl (C=O) groups is 1. The minimum Gasteiger partial charge on any atom is -0.365 e. The van der Waals surface area contributed by atoms with Gasteiger partial charge in [0.15, 0.2) is 0 Å². The van der Waals surface area contributed by atoms with Crippen molar-refractivity contribution in [3.63, 3.8) is 0 Å². The molecule has 1 fully saturated rings. The van der Waals surface area contributed by atoms with Crippen molar-refractivity contribution in [1.29, 1.82) is 0 Å². The first-order valence-electron chi connectivity index (χ1n) is 6.18. The minimum atomic E-state index is 0.101. The van der Waals surface area contributed by atoms with Crippen molar-refractivity contribution in [1.82, 2.24) is 15.3 Å². The highest BCUT2D eigenvalue weighted by atomic mass is 35.5. The zero-order chi connectivity index (χ0) is 13.2. The van der Waals surface area contributed by atoms with Crippen molar-refractivity contribution in [3.8, 4) is 0 Å². The molecule has 98 valence electrons. The van der Waals surface area contributed by atoms with Gasteiger partial charge in [0.25, 0.3) is 0 Å². The molecule has 1 atom stereocenters. The third kappa shape index (κ3) is 2.61. The molecule has 5 nitrogen and oxygen atoms in total. The van der Waals surface area contributed by atoms with Crippen molar-refractivity contribution in [3.05, 3.63) is 29.5 Å². The van der Waals surface area contributed by atoms with E-state index in [1.807, 2.05) is 24.3 Å². The van der Waals surface area contributed by atoms with E-state index in [1.54, 1.807) is 0 Å². The average Bonchev–Trinajstić information content (AvgIpc) is 2.41. The van der Waals surface area contributed by atoms with Gasteiger partial charge in [-0.05, 0) is 30.2 Å². The van der Waals surface area contributed by atoms with E-state index in [4.69, 9.17) is 11.6 Å². The Morgan fingerprint density at radius 2 is 2.16 bits per heavy atom. The maximum absolute atomic E-state index is 11.1. The first kappa shape index (κ1) is 12.2. The molecule has 1 aliphatic heterocycles. The third-order valence-corrected chi connectivity index (χ3v) is 3.35. The lowest BCUT2D eigenvalue weighted by atomic mass is 10.1. The number of halogens is 1. The van der Waals surface area contributed by atoms with Gasteiger partial charge in [-0.1, -0.05) is 12.1 Å². The molecule has 0 radical (unpaired) electrons. The van der Waals surface area contributed by atoms with Crippen molar-refractivity contribution in [2.45, 2.75) is 18.9 Å². The fourth-order valence-electron chi connectivity index (χ4n) is 2.21. The summed E-state index contributed by atoms with van der Waals surface area (Å²) < 4.78 is 0. The van der Waals surface area contributed by atoms with Crippen LogP contribution in [0.1, 0.15) is 12.8 Å². The van der Waals surface area contributed by atoms with Crippen molar-refractivity contribution in [2.75, 3.05) is 11.9 Å². The van der Waals surface area contributed by atoms with E-state index in [-0.39, 0.29) is 17.2 Å². The molecule has 1 aromatic heterocycles. The van der Waals surface area contributed by atoms with Crippen LogP contribution < -0.4 is 10.6 Å². The number of hydrogen-bond acceptors (Lipinski definition) is 4. The molecule has 1 aromatic carbocycles. The number of para-hydroxylation sites is 1. The molecule has 2 heterocycles. The fourth-order valence-corrected chi connectivity index (χ4v) is 2.38. The van der Waals surface area contributed by atoms with Crippen LogP contribution in [0, 0.1) is 0 Å². The number of nitrogens with one attached hydrogen (secondary N) is 2. The van der Waals surface area contributed by atoms with Gasteiger partial charge in [-0.25, -0.2) is 9.97 Å². The number of rotatable bonds is 2. The van der Waals surface area contributed by atoms with E-state index in [0.717, 1.165) is 23.1 Å². The summed E-state index contributed by atoms with van der Waals surface area (Å²) in [4.78, 5) is 19.6. The van der Waals surface area contributed by atoms with Gasteiger partial charge in [0.1, 0.15) is 5.82 Å². The largest absolute Gasteiger partial charge is 0.365 e. The molecule has 3 rings (SSSR count). The average molecular weight is 277 g/mol. The van der Waals surface area contributed by atoms with Gasteiger partial charge in [0, 0.05) is 24.4 Å². The van der Waals surface area contributed by atoms with Crippen LogP contribution in [0.5, 0.6) is 0 Å². The van der Waals surface area contributed by atoms with Crippen LogP contribution in [0.3, 0.4) is 0 Å². The van der Waals surface area contributed by atoms with Gasteiger partial charge < -0.3 is 10.6 Å². The highest BCUT2D eigenvalue weighted by Crippen LogP contribution is 2.23. The van der Waals surface area contributed by atoms with E-state index in [0.29, 0.717) is 13.0 Å². The number of nitrogens with zero attached hydrogens (tertiary/aromatic N) is 2. The van der Waals surface area contributed by atoms with E-state index < -0.39 is 0 Å². The number of aromatic nitrogens is 2. The molecule has 1 aliphatic rings. The summed E-state index contributed by atoms with van der Waals surface area (Å²) in [6.45, 7) is 0.606. The molecule has 1 amide bonds. The maximum atomic E-state index is 11.1. The predicted octanol–water partition coefficient (Wildman–Crippen LogP) is 1.97. The number of carbonyl (C=O) groups excluding carboxylic acids is 1. The second kappa shape index (κ2) is 5.01. The smallest absolute Gasteiger partial charge is 0.224 e. The Hall–Kier alpha value is -1.88. The van der Waals surface area contributed by atoms with Gasteiger partial charge in [-0.15, -0.1) is 0 Å². The van der Waals surface area contributed by atoms with Crippen LogP contribution in [0.25, 0.3) is 10.9 Å². The number of hydrogen-bond donors (Lipinski definition) is 2. The quantitative estimate of drug-likeness (QED) is 0.823. The second-order valence-corrected chi connectivity index (χ2v) is 4.88. The molecule has 2 aromatic rings. The van der Waals surface area contributed by atoms with Crippen LogP contribution in [-0.4, -0.2) is 28.5 Å². The normalized spacial score (nSPS) is 19.2. The Morgan fingerprint density at radius 1 is 1.32 bits per heavy atom. The predicted molar refractivity (Wildman–Crippen MR) is 74.2 cm³/mol. The van der Waals surface area contributed by atoms with Crippen molar-refractivity contribution < 1.29 is 4.79 Å². The fraction of sp³-hybridized carbons (Fsp3) is 0.308. The molecule has 6 heteroatoms. The molecule has 19 heavy (non-hydrogen) atoms. The zero-order valence-electron chi connectivity index (χ0n) is 10.2. The van der Waals surface area contributed by atoms with E-state index in [1.165, 1.54) is 0 Å². The lowest BCUT2D eigenvalue weighted by Crippen LogP contribution is -2.42. The van der Waals surface area contributed by atoms with Gasteiger partial charge in [-0.3, -0.25) is 4.79 Å². The molecule has 0 spiro atoms. The molecule has 0 bridgehead atoms. The van der Waals surface area contributed by atoms with Gasteiger partial charge in [0.2, 0.25) is 11.2 Å². The molecular weight excluding hydrogens is 264 g/mol. The van der Waals surface area contributed by atoms with Crippen LogP contribution in [0.2, 0.25) is 5.28 Å². The van der Waals surface area contributed by atoms with Gasteiger partial charge in [0.05, 0.1) is 5.52 Å². The number of amides is 1. The lowest BCUT2D eigenvalue weighted by molar-refractivity contribution is -0.122. The Morgan fingerprint density at radius 3 is 2.95 bits per heavy atom. The van der Waals surface area contributed by atoms with Crippen LogP contribution in [0.15, 0.2) is 24.3 Å². The summed E-state index contributed by atoms with van der Waals surface area (Å²) in [6, 6.07) is 7.88. The highest BCUT2D eigenvalue weighted by molar-refractivity contribution is 6.28. The maximum Gasteiger partial charge on any atom is 0.224 e. The highest BCUT2D eigenvalue weighted by Gasteiger charge is 2.19. The summed E-state index contributed by atoms with van der Waals surface area (Å²) in [5.41, 5.74) is 0.810. The molecular formula is C13H13ClN4O. The standard InChI is InChI=1S/C13H13ClN4O/c14-13-17-10-4-2-1-3-9(10)12(18-13)16-8-5-6-11(19)15-7-8/h1-4,8H,5-7H2,(H,15,19)(H,16,17,18). The third-order valence-electron chi connectivity index (χ3n) is 3.18. The lowest BCUT2D eigenvalue weighted by Gasteiger charge is -2.24. The number of fused-ring (bicyclic) bond motifs is 1. The first-order valence-corrected chi connectivity index (χ1v) is 6.56. The number of benzene rings is 1. The van der Waals surface area contributed by atoms with Crippen LogP contribution in [0.4, 0.5) is 5.82 Å². The topological polar surface area (TPSA) is 66.9 Å². The summed E-state index contributed by atoms with van der Waals surface area (Å²) in [6.07, 6.45) is 1.33. The summed E-state index contributed by atoms with van der Waals surface area (Å²) in [7, 11) is 0. The molecule has 1 saturated heterocycles. The van der Waals surface area contributed by atoms with E-state index in [2.05, 4.69) is 20.6 Å². The Kier molecular flexibility index (Phi) is 3.21. The Bertz CT molecular complexity index is 621. The van der Waals surface area contributed by atoms with Crippen LogP contribution >= 0.6 is 11.6 Å². The zero-order valence-corrected chi connectivity index (χ0v) is 10.9. The van der Waals surface area contributed by atoms with Crippen molar-refractivity contribution >= 4 is 34.2 Å². The summed E-state index contributed by atoms with van der Waals surface area (Å²) in [5.74, 6) is 0.820. The molecule has 1 unspecified atom stereocenters. The monoisotopic (exact) mass is 276 g/mol. The van der Waals surface area contributed by atoms with Crippen molar-refractivity contribution in [2.24, 2.45) is 0 Å². The number of anilines is 1. The number of piperidine rings is 1. The summed E-state index contributed by atoms with van der Waals surface area (Å²) in [5, 5.41) is 7.33. The molecule has 0 aliphatic carbocycles. The van der Waals surface area contributed by atoms with Crippen LogP contribution in [-0.2, 0) is 4.79 Å². The molecule has 2 N–H and O–H groups in total. The molecule has 0 saturated carbocycles. The second-order valence-electron chi connectivity index (χ2n) is 4.54. The first-order chi connectivity index (χ1) is 9.22. The van der Waals surface area contributed by atoms with Gasteiger partial charge >= 0.3 is 0 Å². The SMILES string of the molecule is O=C1CCC(Nc2nc(Cl)nc3ccccc23)CN1. The Labute approximate surface area is 115 Å². The van der Waals surface area contributed by atoms with E-state index in [9.17, 15) is 4.79 Å². The minimum absolute atomic E-state index is 0.101.